The first kappa shape index (κ1) is 12.4. The van der Waals surface area contributed by atoms with Crippen molar-refractivity contribution >= 4 is 11.4 Å². The third-order valence-corrected chi connectivity index (χ3v) is 4.53. The van der Waals surface area contributed by atoms with Crippen molar-refractivity contribution in [3.8, 4) is 6.07 Å². The summed E-state index contributed by atoms with van der Waals surface area (Å²) in [5, 5.41) is 15.4. The normalized spacial score (nSPS) is 26.9. The molecule has 6 nitrogen and oxygen atoms in total. The molecule has 3 atom stereocenters. The largest absolute Gasteiger partial charge is 0.348 e. The highest BCUT2D eigenvalue weighted by Gasteiger charge is 2.40. The molecule has 0 aromatic carbocycles. The first-order chi connectivity index (χ1) is 10.2. The van der Waals surface area contributed by atoms with E-state index in [0.29, 0.717) is 23.2 Å². The Morgan fingerprint density at radius 1 is 1.48 bits per heavy atom. The molecule has 2 bridgehead atoms. The Balaban J connectivity index is 1.55. The van der Waals surface area contributed by atoms with Gasteiger partial charge in [-0.25, -0.2) is 4.98 Å². The van der Waals surface area contributed by atoms with Crippen LogP contribution < -0.4 is 10.6 Å². The number of aromatic nitrogens is 2. The Morgan fingerprint density at radius 2 is 2.38 bits per heavy atom. The lowest BCUT2D eigenvalue weighted by Crippen LogP contribution is -2.44. The molecule has 2 aliphatic rings. The van der Waals surface area contributed by atoms with Gasteiger partial charge >= 0.3 is 0 Å². The molecule has 1 aliphatic heterocycles. The minimum absolute atomic E-state index is 0.130. The summed E-state index contributed by atoms with van der Waals surface area (Å²) < 4.78 is 1.75. The molecular formula is C15H15N5O. The predicted octanol–water partition coefficient (Wildman–Crippen LogP) is 0.686. The van der Waals surface area contributed by atoms with Gasteiger partial charge in [-0.05, 0) is 30.9 Å². The summed E-state index contributed by atoms with van der Waals surface area (Å²) in [6.45, 7) is 0.992. The number of nitrogens with zero attached hydrogens (tertiary/aromatic N) is 3. The van der Waals surface area contributed by atoms with Gasteiger partial charge in [0.1, 0.15) is 18.1 Å². The van der Waals surface area contributed by atoms with Gasteiger partial charge in [-0.1, -0.05) is 0 Å². The summed E-state index contributed by atoms with van der Waals surface area (Å²) in [5.41, 5.74) is 1.77. The molecule has 0 radical (unpaired) electrons. The van der Waals surface area contributed by atoms with E-state index in [1.807, 2.05) is 0 Å². The van der Waals surface area contributed by atoms with Crippen molar-refractivity contribution in [2.45, 2.75) is 24.9 Å². The summed E-state index contributed by atoms with van der Waals surface area (Å²) in [4.78, 5) is 16.5. The van der Waals surface area contributed by atoms with E-state index in [2.05, 4.69) is 21.7 Å². The molecule has 1 saturated carbocycles. The van der Waals surface area contributed by atoms with E-state index in [1.165, 1.54) is 0 Å². The zero-order valence-corrected chi connectivity index (χ0v) is 11.4. The Labute approximate surface area is 121 Å². The number of fused-ring (bicyclic) bond motifs is 3. The third kappa shape index (κ3) is 2.06. The molecule has 3 heterocycles. The van der Waals surface area contributed by atoms with Crippen LogP contribution in [0.1, 0.15) is 28.9 Å². The minimum Gasteiger partial charge on any atom is -0.348 e. The Morgan fingerprint density at radius 3 is 3.10 bits per heavy atom. The smallest absolute Gasteiger partial charge is 0.270 e. The molecule has 1 amide bonds. The molecule has 2 aromatic heterocycles. The molecule has 106 valence electrons. The number of amides is 1. The summed E-state index contributed by atoms with van der Waals surface area (Å²) in [6.07, 6.45) is 5.43. The molecule has 1 aliphatic carbocycles. The van der Waals surface area contributed by atoms with E-state index >= 15 is 0 Å². The monoisotopic (exact) mass is 281 g/mol. The maximum Gasteiger partial charge on any atom is 0.270 e. The van der Waals surface area contributed by atoms with E-state index in [0.717, 1.165) is 24.9 Å². The lowest BCUT2D eigenvalue weighted by atomic mass is 10.0. The van der Waals surface area contributed by atoms with Crippen molar-refractivity contribution in [3.63, 3.8) is 0 Å². The van der Waals surface area contributed by atoms with Gasteiger partial charge in [-0.2, -0.15) is 5.26 Å². The van der Waals surface area contributed by atoms with E-state index < -0.39 is 0 Å². The number of hydrogen-bond donors (Lipinski definition) is 2. The fraction of sp³-hybridized carbons (Fsp3) is 0.400. The molecular weight excluding hydrogens is 266 g/mol. The number of rotatable bonds is 2. The van der Waals surface area contributed by atoms with Crippen molar-refractivity contribution in [3.05, 3.63) is 35.9 Å². The second-order valence-corrected chi connectivity index (χ2v) is 5.86. The number of carbonyl (C=O) groups excluding carboxylic acids is 1. The van der Waals surface area contributed by atoms with Crippen LogP contribution in [0, 0.1) is 17.2 Å². The molecule has 3 unspecified atom stereocenters. The number of carbonyl (C=O) groups is 1. The van der Waals surface area contributed by atoms with Gasteiger partial charge < -0.3 is 15.0 Å². The van der Waals surface area contributed by atoms with Crippen LogP contribution in [0.25, 0.3) is 5.52 Å². The maximum absolute atomic E-state index is 12.3. The zero-order chi connectivity index (χ0) is 14.4. The highest BCUT2D eigenvalue weighted by molar-refractivity contribution is 5.93. The zero-order valence-electron chi connectivity index (χ0n) is 11.4. The van der Waals surface area contributed by atoms with Gasteiger partial charge in [0.25, 0.3) is 5.91 Å². The van der Waals surface area contributed by atoms with Crippen LogP contribution in [0.15, 0.2) is 24.7 Å². The minimum atomic E-state index is -0.130. The number of hydrogen-bond acceptors (Lipinski definition) is 4. The Hall–Kier alpha value is -2.39. The van der Waals surface area contributed by atoms with Crippen LogP contribution in [0.5, 0.6) is 0 Å². The predicted molar refractivity (Wildman–Crippen MR) is 75.7 cm³/mol. The molecule has 21 heavy (non-hydrogen) atoms. The lowest BCUT2D eigenvalue weighted by molar-refractivity contribution is 0.0920. The molecule has 1 saturated heterocycles. The van der Waals surface area contributed by atoms with Gasteiger partial charge in [0.05, 0.1) is 11.1 Å². The Bertz CT molecular complexity index is 759. The average Bonchev–Trinajstić information content (AvgIpc) is 3.20. The van der Waals surface area contributed by atoms with Gasteiger partial charge in [0.2, 0.25) is 0 Å². The van der Waals surface area contributed by atoms with Crippen LogP contribution in [0.2, 0.25) is 0 Å². The number of piperidine rings is 1. The van der Waals surface area contributed by atoms with Crippen LogP contribution in [0.3, 0.4) is 0 Å². The summed E-state index contributed by atoms with van der Waals surface area (Å²) in [7, 11) is 0. The average molecular weight is 281 g/mol. The van der Waals surface area contributed by atoms with Crippen LogP contribution >= 0.6 is 0 Å². The van der Waals surface area contributed by atoms with Crippen molar-refractivity contribution < 1.29 is 4.79 Å². The van der Waals surface area contributed by atoms with Crippen molar-refractivity contribution in [2.75, 3.05) is 6.54 Å². The summed E-state index contributed by atoms with van der Waals surface area (Å²) in [5.74, 6) is 0.413. The number of nitrogens with one attached hydrogen (secondary N) is 2. The van der Waals surface area contributed by atoms with E-state index in [4.69, 9.17) is 5.26 Å². The topological polar surface area (TPSA) is 82.2 Å². The SMILES string of the molecule is N#Cc1cc2cc(C(=O)NC3CC4CC3CN4)ncn2c1. The lowest BCUT2D eigenvalue weighted by Gasteiger charge is -2.23. The second kappa shape index (κ2) is 4.57. The van der Waals surface area contributed by atoms with Crippen LogP contribution in [-0.2, 0) is 0 Å². The van der Waals surface area contributed by atoms with Gasteiger partial charge in [-0.3, -0.25) is 4.79 Å². The molecule has 2 aromatic rings. The number of nitriles is 1. The first-order valence-electron chi connectivity index (χ1n) is 7.15. The van der Waals surface area contributed by atoms with Gasteiger partial charge in [-0.15, -0.1) is 0 Å². The van der Waals surface area contributed by atoms with Crippen molar-refractivity contribution in [1.29, 1.82) is 5.26 Å². The van der Waals surface area contributed by atoms with Gasteiger partial charge in [0.15, 0.2) is 0 Å². The van der Waals surface area contributed by atoms with Crippen molar-refractivity contribution in [2.24, 2.45) is 5.92 Å². The van der Waals surface area contributed by atoms with Gasteiger partial charge in [0, 0.05) is 24.8 Å². The quantitative estimate of drug-likeness (QED) is 0.848. The highest BCUT2D eigenvalue weighted by atomic mass is 16.1. The maximum atomic E-state index is 12.3. The van der Waals surface area contributed by atoms with Crippen LogP contribution in [-0.4, -0.2) is 33.9 Å². The fourth-order valence-corrected chi connectivity index (χ4v) is 3.45. The standard InChI is InChI=1S/C15H15N5O/c16-5-9-1-12-4-14(18-8-20(12)7-9)15(21)19-13-3-11-2-10(13)6-17-11/h1,4,7-8,10-11,13,17H,2-3,6H2,(H,19,21). The second-order valence-electron chi connectivity index (χ2n) is 5.86. The summed E-state index contributed by atoms with van der Waals surface area (Å²) in [6, 6.07) is 6.37. The van der Waals surface area contributed by atoms with E-state index in [-0.39, 0.29) is 11.9 Å². The fourth-order valence-electron chi connectivity index (χ4n) is 3.45. The highest BCUT2D eigenvalue weighted by Crippen LogP contribution is 2.31. The molecule has 6 heteroatoms. The van der Waals surface area contributed by atoms with Crippen molar-refractivity contribution in [1.82, 2.24) is 20.0 Å². The Kier molecular flexibility index (Phi) is 2.69. The summed E-state index contributed by atoms with van der Waals surface area (Å²) >= 11 is 0. The third-order valence-electron chi connectivity index (χ3n) is 4.53. The van der Waals surface area contributed by atoms with Crippen LogP contribution in [0.4, 0.5) is 0 Å². The molecule has 0 spiro atoms. The molecule has 4 rings (SSSR count). The first-order valence-corrected chi connectivity index (χ1v) is 7.15. The van der Waals surface area contributed by atoms with E-state index in [9.17, 15) is 4.79 Å². The molecule has 2 N–H and O–H groups in total. The van der Waals surface area contributed by atoms with E-state index in [1.54, 1.807) is 29.1 Å². The molecule has 2 fully saturated rings.